The van der Waals surface area contributed by atoms with E-state index in [1.54, 1.807) is 110 Å². The van der Waals surface area contributed by atoms with Gasteiger partial charge in [-0.05, 0) is 72.3 Å². The summed E-state index contributed by atoms with van der Waals surface area (Å²) in [6.45, 7) is 0. The third-order valence-corrected chi connectivity index (χ3v) is 6.93. The molecule has 0 atom stereocenters. The Morgan fingerprint density at radius 2 is 1.50 bits per heavy atom. The summed E-state index contributed by atoms with van der Waals surface area (Å²) in [6, 6.07) is 29.9. The van der Waals surface area contributed by atoms with E-state index in [0.717, 1.165) is 4.90 Å². The number of hydrogen-bond donors (Lipinski definition) is 3. The van der Waals surface area contributed by atoms with Crippen LogP contribution in [0.5, 0.6) is 5.75 Å². The molecule has 4 aromatic carbocycles. The minimum atomic E-state index is -0.486. The molecule has 3 amide bonds. The van der Waals surface area contributed by atoms with Crippen LogP contribution in [0.4, 0.5) is 11.4 Å². The van der Waals surface area contributed by atoms with Gasteiger partial charge in [0, 0.05) is 16.1 Å². The molecule has 3 N–H and O–H groups in total. The first-order valence-electron chi connectivity index (χ1n) is 12.2. The Labute approximate surface area is 241 Å². The molecule has 0 fully saturated rings. The average Bonchev–Trinajstić information content (AvgIpc) is 2.98. The van der Waals surface area contributed by atoms with Crippen LogP contribution in [0.3, 0.4) is 0 Å². The van der Waals surface area contributed by atoms with E-state index in [9.17, 15) is 14.4 Å². The SMILES string of the molecule is COc1ccc(/C=C(\NC(=O)c2ccccc2)C(=O)Nc2ccc(SCC(=O)Nc3ccccc3Cl)cc2)cc1. The molecule has 40 heavy (non-hydrogen) atoms. The van der Waals surface area contributed by atoms with Crippen molar-refractivity contribution in [1.82, 2.24) is 5.32 Å². The first kappa shape index (κ1) is 28.5. The van der Waals surface area contributed by atoms with Gasteiger partial charge in [0.05, 0.1) is 23.6 Å². The lowest BCUT2D eigenvalue weighted by atomic mass is 10.1. The lowest BCUT2D eigenvalue weighted by Gasteiger charge is -2.12. The minimum absolute atomic E-state index is 0.0775. The fourth-order valence-corrected chi connectivity index (χ4v) is 4.42. The van der Waals surface area contributed by atoms with E-state index in [0.29, 0.717) is 33.3 Å². The number of amides is 3. The molecule has 202 valence electrons. The topological polar surface area (TPSA) is 96.5 Å². The number of thioether (sulfide) groups is 1. The maximum atomic E-state index is 13.2. The molecule has 0 radical (unpaired) electrons. The highest BCUT2D eigenvalue weighted by atomic mass is 35.5. The Bertz CT molecular complexity index is 1510. The van der Waals surface area contributed by atoms with Crippen LogP contribution >= 0.6 is 23.4 Å². The van der Waals surface area contributed by atoms with E-state index in [1.165, 1.54) is 11.8 Å². The molecule has 0 spiro atoms. The Morgan fingerprint density at radius 1 is 0.825 bits per heavy atom. The summed E-state index contributed by atoms with van der Waals surface area (Å²) < 4.78 is 5.20. The molecule has 0 saturated heterocycles. The van der Waals surface area contributed by atoms with Crippen LogP contribution in [0.2, 0.25) is 5.02 Å². The van der Waals surface area contributed by atoms with Gasteiger partial charge in [-0.15, -0.1) is 11.8 Å². The van der Waals surface area contributed by atoms with Crippen molar-refractivity contribution in [3.8, 4) is 5.75 Å². The van der Waals surface area contributed by atoms with Gasteiger partial charge in [-0.25, -0.2) is 0 Å². The summed E-state index contributed by atoms with van der Waals surface area (Å²) in [5, 5.41) is 8.80. The molecule has 0 unspecified atom stereocenters. The molecule has 0 aromatic heterocycles. The molecule has 0 aliphatic heterocycles. The molecule has 0 bridgehead atoms. The highest BCUT2D eigenvalue weighted by Gasteiger charge is 2.15. The molecule has 0 aliphatic rings. The molecule has 0 heterocycles. The molecule has 4 aromatic rings. The third kappa shape index (κ3) is 8.23. The predicted molar refractivity (Wildman–Crippen MR) is 161 cm³/mol. The van der Waals surface area contributed by atoms with Crippen molar-refractivity contribution in [2.75, 3.05) is 23.5 Å². The molecular formula is C31H26ClN3O4S. The number of para-hydroxylation sites is 1. The quantitative estimate of drug-likeness (QED) is 0.149. The number of rotatable bonds is 10. The summed E-state index contributed by atoms with van der Waals surface area (Å²) in [5.74, 6) is -0.206. The highest BCUT2D eigenvalue weighted by Crippen LogP contribution is 2.23. The van der Waals surface area contributed by atoms with Crippen LogP contribution in [0.25, 0.3) is 6.08 Å². The van der Waals surface area contributed by atoms with Crippen LogP contribution in [0.1, 0.15) is 15.9 Å². The van der Waals surface area contributed by atoms with Crippen molar-refractivity contribution in [1.29, 1.82) is 0 Å². The van der Waals surface area contributed by atoms with Crippen LogP contribution < -0.4 is 20.7 Å². The number of benzene rings is 4. The Kier molecular flexibility index (Phi) is 9.99. The van der Waals surface area contributed by atoms with Crippen LogP contribution in [-0.4, -0.2) is 30.6 Å². The summed E-state index contributed by atoms with van der Waals surface area (Å²) in [6.07, 6.45) is 1.59. The molecular weight excluding hydrogens is 546 g/mol. The fourth-order valence-electron chi connectivity index (χ4n) is 3.54. The first-order chi connectivity index (χ1) is 19.4. The molecule has 7 nitrogen and oxygen atoms in total. The first-order valence-corrected chi connectivity index (χ1v) is 13.6. The number of carbonyl (C=O) groups excluding carboxylic acids is 3. The maximum absolute atomic E-state index is 13.2. The zero-order chi connectivity index (χ0) is 28.3. The lowest BCUT2D eigenvalue weighted by molar-refractivity contribution is -0.114. The number of methoxy groups -OCH3 is 1. The molecule has 4 rings (SSSR count). The molecule has 0 saturated carbocycles. The van der Waals surface area contributed by atoms with Gasteiger partial charge >= 0.3 is 0 Å². The number of hydrogen-bond acceptors (Lipinski definition) is 5. The predicted octanol–water partition coefficient (Wildman–Crippen LogP) is 6.49. The summed E-state index contributed by atoms with van der Waals surface area (Å²) >= 11 is 7.45. The molecule has 0 aliphatic carbocycles. The zero-order valence-electron chi connectivity index (χ0n) is 21.5. The van der Waals surface area contributed by atoms with Crippen molar-refractivity contribution in [2.45, 2.75) is 4.90 Å². The third-order valence-electron chi connectivity index (χ3n) is 5.59. The summed E-state index contributed by atoms with van der Waals surface area (Å²) in [5.41, 5.74) is 2.31. The summed E-state index contributed by atoms with van der Waals surface area (Å²) in [4.78, 5) is 39.2. The van der Waals surface area contributed by atoms with Gasteiger partial charge in [-0.2, -0.15) is 0 Å². The van der Waals surface area contributed by atoms with Gasteiger partial charge < -0.3 is 20.7 Å². The van der Waals surface area contributed by atoms with Crippen molar-refractivity contribution in [2.24, 2.45) is 0 Å². The standard InChI is InChI=1S/C31H26ClN3O4S/c1-39-24-15-11-21(12-16-24)19-28(35-30(37)22-7-3-2-4-8-22)31(38)33-23-13-17-25(18-14-23)40-20-29(36)34-27-10-6-5-9-26(27)32/h2-19H,20H2,1H3,(H,33,38)(H,34,36)(H,35,37)/b28-19-. The monoisotopic (exact) mass is 571 g/mol. The van der Waals surface area contributed by atoms with E-state index in [-0.39, 0.29) is 17.4 Å². The zero-order valence-corrected chi connectivity index (χ0v) is 23.1. The second kappa shape index (κ2) is 14.0. The van der Waals surface area contributed by atoms with Gasteiger partial charge in [0.1, 0.15) is 11.4 Å². The average molecular weight is 572 g/mol. The van der Waals surface area contributed by atoms with E-state index in [4.69, 9.17) is 16.3 Å². The van der Waals surface area contributed by atoms with E-state index < -0.39 is 11.8 Å². The normalized spacial score (nSPS) is 10.9. The van der Waals surface area contributed by atoms with E-state index in [1.807, 2.05) is 6.07 Å². The van der Waals surface area contributed by atoms with Gasteiger partial charge in [0.15, 0.2) is 0 Å². The fraction of sp³-hybridized carbons (Fsp3) is 0.0645. The smallest absolute Gasteiger partial charge is 0.272 e. The maximum Gasteiger partial charge on any atom is 0.272 e. The van der Waals surface area contributed by atoms with E-state index in [2.05, 4.69) is 16.0 Å². The van der Waals surface area contributed by atoms with Crippen molar-refractivity contribution >= 4 is 58.5 Å². The van der Waals surface area contributed by atoms with Gasteiger partial charge in [0.25, 0.3) is 11.8 Å². The van der Waals surface area contributed by atoms with Crippen molar-refractivity contribution in [3.63, 3.8) is 0 Å². The number of anilines is 2. The molecule has 9 heteroatoms. The van der Waals surface area contributed by atoms with E-state index >= 15 is 0 Å². The van der Waals surface area contributed by atoms with Crippen molar-refractivity contribution < 1.29 is 19.1 Å². The number of carbonyl (C=O) groups is 3. The number of ether oxygens (including phenoxy) is 1. The Hall–Kier alpha value is -4.53. The summed E-state index contributed by atoms with van der Waals surface area (Å²) in [7, 11) is 1.57. The van der Waals surface area contributed by atoms with Gasteiger partial charge in [-0.3, -0.25) is 14.4 Å². The van der Waals surface area contributed by atoms with Gasteiger partial charge in [0.2, 0.25) is 5.91 Å². The second-order valence-electron chi connectivity index (χ2n) is 8.45. The second-order valence-corrected chi connectivity index (χ2v) is 9.90. The van der Waals surface area contributed by atoms with Crippen LogP contribution in [0.15, 0.2) is 114 Å². The highest BCUT2D eigenvalue weighted by molar-refractivity contribution is 8.00. The van der Waals surface area contributed by atoms with Crippen LogP contribution in [0, 0.1) is 0 Å². The number of nitrogens with one attached hydrogen (secondary N) is 3. The van der Waals surface area contributed by atoms with Crippen LogP contribution in [-0.2, 0) is 9.59 Å². The Morgan fingerprint density at radius 3 is 2.17 bits per heavy atom. The van der Waals surface area contributed by atoms with Crippen molar-refractivity contribution in [3.05, 3.63) is 125 Å². The lowest BCUT2D eigenvalue weighted by Crippen LogP contribution is -2.30. The number of halogens is 1. The Balaban J connectivity index is 1.41. The van der Waals surface area contributed by atoms with Gasteiger partial charge in [-0.1, -0.05) is 54.1 Å². The minimum Gasteiger partial charge on any atom is -0.497 e. The largest absolute Gasteiger partial charge is 0.497 e.